The summed E-state index contributed by atoms with van der Waals surface area (Å²) in [5.74, 6) is 2.56. The minimum atomic E-state index is -2.87. The molecule has 0 fully saturated rings. The molecule has 4 N–H and O–H groups in total. The average Bonchev–Trinajstić information content (AvgIpc) is 2.37. The summed E-state index contributed by atoms with van der Waals surface area (Å²) < 4.78 is 17.4. The van der Waals surface area contributed by atoms with Crippen molar-refractivity contribution >= 4 is 62.9 Å². The predicted octanol–water partition coefficient (Wildman–Crippen LogP) is 4.06. The summed E-state index contributed by atoms with van der Waals surface area (Å²) >= 11 is 22.9. The molecule has 0 aliphatic rings. The van der Waals surface area contributed by atoms with Gasteiger partial charge in [0.1, 0.15) is 0 Å². The van der Waals surface area contributed by atoms with Crippen molar-refractivity contribution in [1.82, 2.24) is 0 Å². The molecular weight excluding hydrogens is 420 g/mol. The van der Waals surface area contributed by atoms with Crippen molar-refractivity contribution in [2.24, 2.45) is 0 Å². The van der Waals surface area contributed by atoms with E-state index < -0.39 is 16.5 Å². The third-order valence-corrected chi connectivity index (χ3v) is 2.84. The smallest absolute Gasteiger partial charge is 0.134 e. The number of hydrogen-bond acceptors (Lipinski definition) is 2. The largest absolute Gasteiger partial charge is 0.692 e. The first-order valence-corrected chi connectivity index (χ1v) is 10.4. The van der Waals surface area contributed by atoms with Crippen molar-refractivity contribution in [2.75, 3.05) is 23.5 Å². The molecule has 0 aromatic rings. The highest BCUT2D eigenvalue weighted by Crippen LogP contribution is 2.21. The van der Waals surface area contributed by atoms with Gasteiger partial charge in [-0.3, -0.25) is 0 Å². The van der Waals surface area contributed by atoms with Crippen LogP contribution in [-0.4, -0.2) is 43.1 Å². The molecule has 22 heavy (non-hydrogen) atoms. The topological polar surface area (TPSA) is 115 Å². The van der Waals surface area contributed by atoms with Gasteiger partial charge in [0.25, 0.3) is 0 Å². The van der Waals surface area contributed by atoms with Crippen LogP contribution in [0, 0.1) is 0 Å². The van der Waals surface area contributed by atoms with Crippen LogP contribution in [0.3, 0.4) is 0 Å². The molecule has 6 nitrogen and oxygen atoms in total. The lowest BCUT2D eigenvalue weighted by Gasteiger charge is -2.12. The van der Waals surface area contributed by atoms with Gasteiger partial charge in [-0.25, -0.2) is 0 Å². The summed E-state index contributed by atoms with van der Waals surface area (Å²) in [7, 11) is -5.74. The van der Waals surface area contributed by atoms with Crippen LogP contribution >= 0.6 is 62.9 Å². The summed E-state index contributed by atoms with van der Waals surface area (Å²) in [5, 5.41) is 0. The molecule has 0 amide bonds. The van der Waals surface area contributed by atoms with Crippen LogP contribution in [0.15, 0.2) is 11.1 Å². The molecule has 0 heterocycles. The Morgan fingerprint density at radius 3 is 0.818 bits per heavy atom. The predicted molar refractivity (Wildman–Crippen MR) is 92.5 cm³/mol. The number of rotatable bonds is 8. The maximum Gasteiger partial charge on any atom is 0.692 e. The van der Waals surface area contributed by atoms with Crippen LogP contribution in [0.2, 0.25) is 0 Å². The second-order valence-electron chi connectivity index (χ2n) is 3.47. The highest BCUT2D eigenvalue weighted by atomic mass is 35.5. The Morgan fingerprint density at radius 1 is 0.591 bits per heavy atom. The highest BCUT2D eigenvalue weighted by molar-refractivity contribution is 7.31. The van der Waals surface area contributed by atoms with Gasteiger partial charge in [0.15, 0.2) is 0 Å². The highest BCUT2D eigenvalue weighted by Gasteiger charge is 2.05. The fourth-order valence-corrected chi connectivity index (χ4v) is 2.33. The van der Waals surface area contributed by atoms with Crippen molar-refractivity contribution in [1.29, 1.82) is 0 Å². The van der Waals surface area contributed by atoms with Crippen LogP contribution in [0.5, 0.6) is 0 Å². The van der Waals surface area contributed by atoms with Gasteiger partial charge < -0.3 is 0 Å². The monoisotopic (exact) mass is 438 g/mol. The average molecular weight is 440 g/mol. The first-order chi connectivity index (χ1) is 10.3. The molecule has 0 aromatic carbocycles. The molecule has 12 heteroatoms. The third-order valence-electron chi connectivity index (χ3n) is 2.09. The summed E-state index contributed by atoms with van der Waals surface area (Å²) in [6, 6.07) is 0. The van der Waals surface area contributed by atoms with E-state index in [9.17, 15) is 0 Å². The van der Waals surface area contributed by atoms with Gasteiger partial charge in [-0.1, -0.05) is 11.1 Å². The van der Waals surface area contributed by atoms with Gasteiger partial charge in [-0.2, -0.15) is 0 Å². The number of hydrogen-bond donors (Lipinski definition) is 4. The fraction of sp³-hybridized carbons (Fsp3) is 0.800. The molecule has 0 rings (SSSR count). The van der Waals surface area contributed by atoms with E-state index in [0.29, 0.717) is 23.5 Å². The Labute approximate surface area is 151 Å². The van der Waals surface area contributed by atoms with E-state index in [1.165, 1.54) is 11.1 Å². The maximum absolute atomic E-state index is 8.70. The molecule has 0 saturated heterocycles. The second kappa shape index (κ2) is 21.9. The molecule has 0 atom stereocenters. The third kappa shape index (κ3) is 29.0. The Kier molecular flexibility index (Phi) is 27.7. The molecule has 0 bridgehead atoms. The SMILES string of the molecule is ClCCC(CCCl)=C(CCCl)CCCl.O=[P+](O)O.O=[P+](O)O. The Morgan fingerprint density at radius 2 is 0.727 bits per heavy atom. The van der Waals surface area contributed by atoms with E-state index in [0.717, 1.165) is 25.7 Å². The lowest BCUT2D eigenvalue weighted by Crippen LogP contribution is -1.97. The zero-order valence-corrected chi connectivity index (χ0v) is 16.5. The first-order valence-electron chi connectivity index (χ1n) is 5.90. The van der Waals surface area contributed by atoms with Crippen molar-refractivity contribution in [3.63, 3.8) is 0 Å². The van der Waals surface area contributed by atoms with E-state index in [1.807, 2.05) is 0 Å². The van der Waals surface area contributed by atoms with Gasteiger partial charge in [-0.15, -0.1) is 66.0 Å². The quantitative estimate of drug-likeness (QED) is 0.257. The summed E-state index contributed by atoms with van der Waals surface area (Å²) in [4.78, 5) is 28.5. The molecule has 0 aromatic heterocycles. The molecule has 0 radical (unpaired) electrons. The minimum absolute atomic E-state index is 0.639. The fourth-order valence-electron chi connectivity index (χ4n) is 1.41. The molecule has 0 aliphatic heterocycles. The molecule has 0 unspecified atom stereocenters. The molecule has 132 valence electrons. The van der Waals surface area contributed by atoms with Crippen molar-refractivity contribution < 1.29 is 28.7 Å². The lowest BCUT2D eigenvalue weighted by molar-refractivity contribution is 0.403. The van der Waals surface area contributed by atoms with Crippen LogP contribution in [-0.2, 0) is 9.13 Å². The summed E-state index contributed by atoms with van der Waals surface area (Å²) in [6.45, 7) is 0. The van der Waals surface area contributed by atoms with Crippen molar-refractivity contribution in [2.45, 2.75) is 25.7 Å². The van der Waals surface area contributed by atoms with Gasteiger partial charge in [-0.05, 0) is 25.7 Å². The first kappa shape index (κ1) is 27.8. The summed E-state index contributed by atoms with van der Waals surface area (Å²) in [5.41, 5.74) is 2.69. The Balaban J connectivity index is -0.000000372. The van der Waals surface area contributed by atoms with Gasteiger partial charge >= 0.3 is 16.5 Å². The second-order valence-corrected chi connectivity index (χ2v) is 5.99. The number of alkyl halides is 4. The van der Waals surface area contributed by atoms with Crippen LogP contribution in [0.25, 0.3) is 0 Å². The van der Waals surface area contributed by atoms with Crippen molar-refractivity contribution in [3.05, 3.63) is 11.1 Å². The Bertz CT molecular complexity index is 277. The zero-order valence-electron chi connectivity index (χ0n) is 11.7. The van der Waals surface area contributed by atoms with E-state index in [2.05, 4.69) is 0 Å². The van der Waals surface area contributed by atoms with Gasteiger partial charge in [0.05, 0.1) is 0 Å². The van der Waals surface area contributed by atoms with Crippen molar-refractivity contribution in [3.8, 4) is 0 Å². The molecule has 0 saturated carbocycles. The van der Waals surface area contributed by atoms with E-state index in [-0.39, 0.29) is 0 Å². The maximum atomic E-state index is 8.70. The van der Waals surface area contributed by atoms with E-state index >= 15 is 0 Å². The molecule has 0 aliphatic carbocycles. The van der Waals surface area contributed by atoms with Crippen LogP contribution < -0.4 is 0 Å². The zero-order chi connectivity index (χ0) is 18.0. The van der Waals surface area contributed by atoms with Gasteiger partial charge in [0, 0.05) is 32.7 Å². The molecular formula is C10H20Cl4O6P2+2. The number of allylic oxidation sites excluding steroid dienone is 2. The number of halogens is 4. The minimum Gasteiger partial charge on any atom is -0.134 e. The summed E-state index contributed by atoms with van der Waals surface area (Å²) in [6.07, 6.45) is 3.60. The van der Waals surface area contributed by atoms with Gasteiger partial charge in [0.2, 0.25) is 0 Å². The van der Waals surface area contributed by atoms with Crippen LogP contribution in [0.1, 0.15) is 25.7 Å². The molecule has 0 spiro atoms. The van der Waals surface area contributed by atoms with E-state index in [4.69, 9.17) is 75.1 Å². The Hall–Kier alpha value is 0.940. The standard InChI is InChI=1S/C10H16Cl4.2HO3P/c11-5-1-9(2-6-12)10(3-7-13)4-8-14;2*1-4(2)3/h1-8H2;2*(H-,1,2,3)/p+2. The van der Waals surface area contributed by atoms with E-state index in [1.54, 1.807) is 0 Å². The lowest BCUT2D eigenvalue weighted by atomic mass is 9.99. The normalized spacial score (nSPS) is 8.91. The van der Waals surface area contributed by atoms with Crippen LogP contribution in [0.4, 0.5) is 0 Å².